The van der Waals surface area contributed by atoms with E-state index in [0.717, 1.165) is 36.3 Å². The number of nitrogens with one attached hydrogen (secondary N) is 1. The van der Waals surface area contributed by atoms with Crippen molar-refractivity contribution in [3.8, 4) is 0 Å². The van der Waals surface area contributed by atoms with Gasteiger partial charge >= 0.3 is 0 Å². The molecule has 0 bridgehead atoms. The first-order valence-electron chi connectivity index (χ1n) is 9.30. The maximum Gasteiger partial charge on any atom is 0.224 e. The van der Waals surface area contributed by atoms with Gasteiger partial charge in [0.1, 0.15) is 0 Å². The number of carbonyl (C=O) groups is 1. The Morgan fingerprint density at radius 2 is 1.88 bits per heavy atom. The van der Waals surface area contributed by atoms with Gasteiger partial charge in [-0.25, -0.2) is 0 Å². The molecule has 0 saturated heterocycles. The quantitative estimate of drug-likeness (QED) is 0.907. The molecule has 3 rings (SSSR count). The first kappa shape index (κ1) is 18.5. The number of anilines is 2. The summed E-state index contributed by atoms with van der Waals surface area (Å²) < 4.78 is 1.90. The van der Waals surface area contributed by atoms with Gasteiger partial charge in [-0.05, 0) is 42.5 Å². The summed E-state index contributed by atoms with van der Waals surface area (Å²) in [7, 11) is 1.98. The topological polar surface area (TPSA) is 50.2 Å². The molecule has 5 nitrogen and oxygen atoms in total. The van der Waals surface area contributed by atoms with Crippen LogP contribution in [0.5, 0.6) is 0 Å². The SMILES string of the molecule is Cc1cc(N2CCc3nn(C)cc3C2)cc(C)c1NC(=O)CC(C)(C)C. The number of hydrogen-bond donors (Lipinski definition) is 1. The summed E-state index contributed by atoms with van der Waals surface area (Å²) in [5, 5.41) is 7.65. The average molecular weight is 354 g/mol. The Morgan fingerprint density at radius 1 is 1.23 bits per heavy atom. The van der Waals surface area contributed by atoms with Crippen molar-refractivity contribution < 1.29 is 4.79 Å². The molecule has 0 saturated carbocycles. The molecule has 1 aliphatic heterocycles. The van der Waals surface area contributed by atoms with Crippen molar-refractivity contribution in [1.29, 1.82) is 0 Å². The van der Waals surface area contributed by atoms with E-state index < -0.39 is 0 Å². The molecule has 0 unspecified atom stereocenters. The first-order chi connectivity index (χ1) is 12.1. The van der Waals surface area contributed by atoms with Gasteiger partial charge in [0.05, 0.1) is 5.69 Å². The fraction of sp³-hybridized carbons (Fsp3) is 0.524. The van der Waals surface area contributed by atoms with Crippen LogP contribution in [0.1, 0.15) is 49.6 Å². The zero-order chi connectivity index (χ0) is 19.1. The summed E-state index contributed by atoms with van der Waals surface area (Å²) in [5.41, 5.74) is 6.88. The summed E-state index contributed by atoms with van der Waals surface area (Å²) in [6.07, 6.45) is 3.60. The molecule has 0 fully saturated rings. The Balaban J connectivity index is 1.78. The van der Waals surface area contributed by atoms with Crippen molar-refractivity contribution in [1.82, 2.24) is 9.78 Å². The summed E-state index contributed by atoms with van der Waals surface area (Å²) in [5.74, 6) is 0.0782. The number of benzene rings is 1. The van der Waals surface area contributed by atoms with Crippen molar-refractivity contribution in [3.05, 3.63) is 40.7 Å². The maximum absolute atomic E-state index is 12.3. The molecule has 1 aromatic carbocycles. The third kappa shape index (κ3) is 4.09. The van der Waals surface area contributed by atoms with Gasteiger partial charge in [-0.1, -0.05) is 20.8 Å². The number of aryl methyl sites for hydroxylation is 3. The van der Waals surface area contributed by atoms with Crippen LogP contribution in [-0.4, -0.2) is 22.2 Å². The number of rotatable bonds is 3. The van der Waals surface area contributed by atoms with E-state index in [-0.39, 0.29) is 11.3 Å². The zero-order valence-corrected chi connectivity index (χ0v) is 16.8. The van der Waals surface area contributed by atoms with Gasteiger partial charge in [0.15, 0.2) is 0 Å². The number of nitrogens with zero attached hydrogens (tertiary/aromatic N) is 3. The van der Waals surface area contributed by atoms with E-state index in [1.165, 1.54) is 16.9 Å². The number of fused-ring (bicyclic) bond motifs is 1. The summed E-state index contributed by atoms with van der Waals surface area (Å²) in [6, 6.07) is 4.36. The smallest absolute Gasteiger partial charge is 0.224 e. The lowest BCUT2D eigenvalue weighted by atomic mass is 9.92. The molecule has 0 radical (unpaired) electrons. The zero-order valence-electron chi connectivity index (χ0n) is 16.8. The van der Waals surface area contributed by atoms with Crippen molar-refractivity contribution in [2.75, 3.05) is 16.8 Å². The number of carbonyl (C=O) groups excluding carboxylic acids is 1. The van der Waals surface area contributed by atoms with E-state index in [2.05, 4.69) is 68.3 Å². The Hall–Kier alpha value is -2.30. The van der Waals surface area contributed by atoms with Crippen LogP contribution in [0.15, 0.2) is 18.3 Å². The molecule has 1 N–H and O–H groups in total. The highest BCUT2D eigenvalue weighted by Gasteiger charge is 2.21. The Labute approximate surface area is 156 Å². The summed E-state index contributed by atoms with van der Waals surface area (Å²) >= 11 is 0. The number of hydrogen-bond acceptors (Lipinski definition) is 3. The minimum absolute atomic E-state index is 0.0128. The molecule has 0 atom stereocenters. The van der Waals surface area contributed by atoms with E-state index in [4.69, 9.17) is 0 Å². The predicted octanol–water partition coefficient (Wildman–Crippen LogP) is 3.97. The predicted molar refractivity (Wildman–Crippen MR) is 107 cm³/mol. The second-order valence-electron chi connectivity index (χ2n) is 8.69. The fourth-order valence-electron chi connectivity index (χ4n) is 3.66. The van der Waals surface area contributed by atoms with Gasteiger partial charge in [0, 0.05) is 56.1 Å². The highest BCUT2D eigenvalue weighted by molar-refractivity contribution is 5.93. The molecule has 2 aromatic rings. The van der Waals surface area contributed by atoms with Crippen LogP contribution in [0.4, 0.5) is 11.4 Å². The van der Waals surface area contributed by atoms with E-state index in [0.29, 0.717) is 6.42 Å². The van der Waals surface area contributed by atoms with Crippen LogP contribution >= 0.6 is 0 Å². The van der Waals surface area contributed by atoms with Crippen LogP contribution in [0.3, 0.4) is 0 Å². The molecule has 1 amide bonds. The van der Waals surface area contributed by atoms with Gasteiger partial charge in [0.2, 0.25) is 5.91 Å². The van der Waals surface area contributed by atoms with E-state index in [9.17, 15) is 4.79 Å². The van der Waals surface area contributed by atoms with Gasteiger partial charge in [0.25, 0.3) is 0 Å². The Bertz CT molecular complexity index is 806. The minimum Gasteiger partial charge on any atom is -0.367 e. The molecule has 0 aliphatic carbocycles. The lowest BCUT2D eigenvalue weighted by molar-refractivity contribution is -0.117. The van der Waals surface area contributed by atoms with Crippen LogP contribution < -0.4 is 10.2 Å². The normalized spacial score (nSPS) is 14.3. The van der Waals surface area contributed by atoms with Crippen molar-refractivity contribution in [3.63, 3.8) is 0 Å². The number of aromatic nitrogens is 2. The van der Waals surface area contributed by atoms with Crippen LogP contribution in [0, 0.1) is 19.3 Å². The highest BCUT2D eigenvalue weighted by Crippen LogP contribution is 2.31. The van der Waals surface area contributed by atoms with Gasteiger partial charge in [-0.2, -0.15) is 5.10 Å². The first-order valence-corrected chi connectivity index (χ1v) is 9.30. The van der Waals surface area contributed by atoms with E-state index >= 15 is 0 Å². The minimum atomic E-state index is -0.0128. The maximum atomic E-state index is 12.3. The third-order valence-electron chi connectivity index (χ3n) is 4.81. The summed E-state index contributed by atoms with van der Waals surface area (Å²) in [6.45, 7) is 12.2. The van der Waals surface area contributed by atoms with Crippen LogP contribution in [-0.2, 0) is 24.8 Å². The molecular formula is C21H30N4O. The molecular weight excluding hydrogens is 324 g/mol. The molecule has 26 heavy (non-hydrogen) atoms. The second-order valence-corrected chi connectivity index (χ2v) is 8.69. The van der Waals surface area contributed by atoms with E-state index in [1.807, 2.05) is 11.7 Å². The average Bonchev–Trinajstić information content (AvgIpc) is 2.88. The standard InChI is InChI=1S/C21H30N4O/c1-14-9-17(25-8-7-18-16(13-25)12-24(6)23-18)10-15(2)20(14)22-19(26)11-21(3,4)5/h9-10,12H,7-8,11,13H2,1-6H3,(H,22,26). The molecule has 2 heterocycles. The lowest BCUT2D eigenvalue weighted by Gasteiger charge is -2.29. The molecule has 140 valence electrons. The van der Waals surface area contributed by atoms with Gasteiger partial charge in [-0.3, -0.25) is 9.48 Å². The molecule has 0 spiro atoms. The van der Waals surface area contributed by atoms with Gasteiger partial charge in [-0.15, -0.1) is 0 Å². The van der Waals surface area contributed by atoms with Crippen molar-refractivity contribution in [2.45, 2.75) is 54.0 Å². The van der Waals surface area contributed by atoms with Crippen molar-refractivity contribution in [2.24, 2.45) is 12.5 Å². The van der Waals surface area contributed by atoms with Crippen LogP contribution in [0.25, 0.3) is 0 Å². The second kappa shape index (κ2) is 6.78. The summed E-state index contributed by atoms with van der Waals surface area (Å²) in [4.78, 5) is 14.7. The molecule has 5 heteroatoms. The van der Waals surface area contributed by atoms with E-state index in [1.54, 1.807) is 0 Å². The fourth-order valence-corrected chi connectivity index (χ4v) is 3.66. The number of amides is 1. The Kier molecular flexibility index (Phi) is 4.82. The highest BCUT2D eigenvalue weighted by atomic mass is 16.1. The molecule has 1 aromatic heterocycles. The lowest BCUT2D eigenvalue weighted by Crippen LogP contribution is -2.30. The van der Waals surface area contributed by atoms with Crippen LogP contribution in [0.2, 0.25) is 0 Å². The van der Waals surface area contributed by atoms with Crippen molar-refractivity contribution >= 4 is 17.3 Å². The van der Waals surface area contributed by atoms with Gasteiger partial charge < -0.3 is 10.2 Å². The largest absolute Gasteiger partial charge is 0.367 e. The third-order valence-corrected chi connectivity index (χ3v) is 4.81. The molecule has 1 aliphatic rings. The monoisotopic (exact) mass is 354 g/mol. The Morgan fingerprint density at radius 3 is 2.50 bits per heavy atom.